The summed E-state index contributed by atoms with van der Waals surface area (Å²) >= 11 is 1.28. The topological polar surface area (TPSA) is 24.9 Å². The Bertz CT molecular complexity index is 556. The molecular weight excluding hydrogens is 268 g/mol. The highest BCUT2D eigenvalue weighted by Crippen LogP contribution is 2.24. The molecule has 0 saturated carbocycles. The van der Waals surface area contributed by atoms with Crippen molar-refractivity contribution >= 4 is 17.0 Å². The maximum Gasteiger partial charge on any atom is 0.185 e. The molecule has 0 radical (unpaired) electrons. The molecule has 7 heteroatoms. The largest absolute Gasteiger partial charge is 0.374 e. The SMILES string of the molecule is Cc1csc(CNc2c(F)c(F)cc(F)c2F)n1. The predicted octanol–water partition coefficient (Wildman–Crippen LogP) is 3.62. The molecule has 0 aliphatic carbocycles. The number of hydrogen-bond donors (Lipinski definition) is 1. The molecule has 0 aliphatic heterocycles. The second kappa shape index (κ2) is 4.93. The Balaban J connectivity index is 2.24. The molecule has 0 atom stereocenters. The molecule has 0 fully saturated rings. The minimum absolute atomic E-state index is 0.00472. The summed E-state index contributed by atoms with van der Waals surface area (Å²) in [5.74, 6) is -5.76. The van der Waals surface area contributed by atoms with Gasteiger partial charge in [0.2, 0.25) is 0 Å². The zero-order chi connectivity index (χ0) is 13.3. The van der Waals surface area contributed by atoms with Crippen LogP contribution in [0, 0.1) is 30.2 Å². The number of anilines is 1. The fourth-order valence-corrected chi connectivity index (χ4v) is 2.09. The lowest BCUT2D eigenvalue weighted by atomic mass is 10.2. The summed E-state index contributed by atoms with van der Waals surface area (Å²) in [6.07, 6.45) is 0. The van der Waals surface area contributed by atoms with Crippen LogP contribution in [0.1, 0.15) is 10.7 Å². The zero-order valence-corrected chi connectivity index (χ0v) is 10.0. The molecule has 2 nitrogen and oxygen atoms in total. The summed E-state index contributed by atoms with van der Waals surface area (Å²) in [7, 11) is 0. The average molecular weight is 276 g/mol. The first kappa shape index (κ1) is 12.8. The average Bonchev–Trinajstić information content (AvgIpc) is 2.73. The van der Waals surface area contributed by atoms with Crippen molar-refractivity contribution in [3.8, 4) is 0 Å². The Hall–Kier alpha value is -1.63. The number of thiazole rings is 1. The molecule has 1 aromatic heterocycles. The van der Waals surface area contributed by atoms with Crippen LogP contribution in [-0.2, 0) is 6.54 Å². The Kier molecular flexibility index (Phi) is 3.51. The summed E-state index contributed by atoms with van der Waals surface area (Å²) in [6.45, 7) is 1.76. The van der Waals surface area contributed by atoms with Crippen LogP contribution in [-0.4, -0.2) is 4.98 Å². The van der Waals surface area contributed by atoms with Gasteiger partial charge in [0.25, 0.3) is 0 Å². The van der Waals surface area contributed by atoms with Crippen molar-refractivity contribution < 1.29 is 17.6 Å². The number of aromatic nitrogens is 1. The monoisotopic (exact) mass is 276 g/mol. The molecule has 0 spiro atoms. The summed E-state index contributed by atoms with van der Waals surface area (Å²) in [5.41, 5.74) is -0.0523. The van der Waals surface area contributed by atoms with Gasteiger partial charge in [-0.1, -0.05) is 0 Å². The van der Waals surface area contributed by atoms with E-state index in [9.17, 15) is 17.6 Å². The standard InChI is InChI=1S/C11H8F4N2S/c1-5-4-18-8(17-5)3-16-11-9(14)6(12)2-7(13)10(11)15/h2,4,16H,3H2,1H3. The summed E-state index contributed by atoms with van der Waals surface area (Å²) in [4.78, 5) is 4.05. The second-order valence-electron chi connectivity index (χ2n) is 3.58. The van der Waals surface area contributed by atoms with Crippen molar-refractivity contribution in [1.82, 2.24) is 4.98 Å². The van der Waals surface area contributed by atoms with Gasteiger partial charge in [-0.2, -0.15) is 0 Å². The molecule has 0 saturated heterocycles. The third-order valence-electron chi connectivity index (χ3n) is 2.19. The molecule has 0 unspecified atom stereocenters. The highest BCUT2D eigenvalue weighted by Gasteiger charge is 2.18. The van der Waals surface area contributed by atoms with Gasteiger partial charge in [0, 0.05) is 17.1 Å². The number of benzene rings is 1. The molecule has 2 aromatic rings. The first-order chi connectivity index (χ1) is 8.49. The van der Waals surface area contributed by atoms with Crippen molar-refractivity contribution in [3.63, 3.8) is 0 Å². The first-order valence-corrected chi connectivity index (χ1v) is 5.85. The fraction of sp³-hybridized carbons (Fsp3) is 0.182. The lowest BCUT2D eigenvalue weighted by Crippen LogP contribution is -2.07. The van der Waals surface area contributed by atoms with Gasteiger partial charge in [0.15, 0.2) is 23.3 Å². The van der Waals surface area contributed by atoms with E-state index in [0.29, 0.717) is 5.01 Å². The van der Waals surface area contributed by atoms with E-state index < -0.39 is 29.0 Å². The van der Waals surface area contributed by atoms with E-state index in [1.54, 1.807) is 12.3 Å². The van der Waals surface area contributed by atoms with Crippen LogP contribution >= 0.6 is 11.3 Å². The van der Waals surface area contributed by atoms with Gasteiger partial charge in [0.05, 0.1) is 6.54 Å². The summed E-state index contributed by atoms with van der Waals surface area (Å²) < 4.78 is 52.4. The van der Waals surface area contributed by atoms with E-state index in [2.05, 4.69) is 10.3 Å². The van der Waals surface area contributed by atoms with Crippen LogP contribution in [0.15, 0.2) is 11.4 Å². The number of nitrogens with zero attached hydrogens (tertiary/aromatic N) is 1. The van der Waals surface area contributed by atoms with Gasteiger partial charge >= 0.3 is 0 Å². The van der Waals surface area contributed by atoms with E-state index in [0.717, 1.165) is 5.69 Å². The Morgan fingerprint density at radius 3 is 2.28 bits per heavy atom. The minimum atomic E-state index is -1.44. The van der Waals surface area contributed by atoms with Crippen LogP contribution in [0.4, 0.5) is 23.2 Å². The third-order valence-corrected chi connectivity index (χ3v) is 3.16. The summed E-state index contributed by atoms with van der Waals surface area (Å²) in [5, 5.41) is 4.64. The number of halogens is 4. The van der Waals surface area contributed by atoms with Crippen molar-refractivity contribution in [2.75, 3.05) is 5.32 Å². The molecule has 1 N–H and O–H groups in total. The predicted molar refractivity (Wildman–Crippen MR) is 60.5 cm³/mol. The Labute approximate surface area is 104 Å². The van der Waals surface area contributed by atoms with Crippen molar-refractivity contribution in [2.24, 2.45) is 0 Å². The maximum atomic E-state index is 13.3. The Morgan fingerprint density at radius 2 is 1.78 bits per heavy atom. The normalized spacial score (nSPS) is 10.7. The van der Waals surface area contributed by atoms with E-state index in [4.69, 9.17) is 0 Å². The van der Waals surface area contributed by atoms with Gasteiger partial charge in [0.1, 0.15) is 10.7 Å². The number of hydrogen-bond acceptors (Lipinski definition) is 3. The molecule has 0 aliphatic rings. The number of aryl methyl sites for hydroxylation is 1. The molecule has 0 bridgehead atoms. The van der Waals surface area contributed by atoms with Gasteiger partial charge < -0.3 is 5.32 Å². The number of nitrogens with one attached hydrogen (secondary N) is 1. The number of rotatable bonds is 3. The highest BCUT2D eigenvalue weighted by molar-refractivity contribution is 7.09. The molecule has 1 heterocycles. The van der Waals surface area contributed by atoms with E-state index >= 15 is 0 Å². The molecule has 2 rings (SSSR count). The van der Waals surface area contributed by atoms with Crippen LogP contribution < -0.4 is 5.32 Å². The first-order valence-electron chi connectivity index (χ1n) is 4.97. The molecular formula is C11H8F4N2S. The minimum Gasteiger partial charge on any atom is -0.374 e. The highest BCUT2D eigenvalue weighted by atomic mass is 32.1. The zero-order valence-electron chi connectivity index (χ0n) is 9.23. The van der Waals surface area contributed by atoms with Crippen molar-refractivity contribution in [3.05, 3.63) is 45.4 Å². The molecule has 1 aromatic carbocycles. The molecule has 18 heavy (non-hydrogen) atoms. The van der Waals surface area contributed by atoms with E-state index in [-0.39, 0.29) is 12.6 Å². The van der Waals surface area contributed by atoms with Gasteiger partial charge in [-0.05, 0) is 6.92 Å². The molecule has 0 amide bonds. The van der Waals surface area contributed by atoms with Gasteiger partial charge in [-0.15, -0.1) is 11.3 Å². The van der Waals surface area contributed by atoms with Gasteiger partial charge in [-0.3, -0.25) is 0 Å². The van der Waals surface area contributed by atoms with Crippen molar-refractivity contribution in [1.29, 1.82) is 0 Å². The lowest BCUT2D eigenvalue weighted by molar-refractivity contribution is 0.458. The van der Waals surface area contributed by atoms with E-state index in [1.807, 2.05) is 0 Å². The lowest BCUT2D eigenvalue weighted by Gasteiger charge is -2.08. The van der Waals surface area contributed by atoms with Crippen LogP contribution in [0.5, 0.6) is 0 Å². The van der Waals surface area contributed by atoms with Crippen molar-refractivity contribution in [2.45, 2.75) is 13.5 Å². The third kappa shape index (κ3) is 2.45. The second-order valence-corrected chi connectivity index (χ2v) is 4.52. The van der Waals surface area contributed by atoms with Crippen LogP contribution in [0.2, 0.25) is 0 Å². The van der Waals surface area contributed by atoms with E-state index in [1.165, 1.54) is 11.3 Å². The smallest absolute Gasteiger partial charge is 0.185 e. The van der Waals surface area contributed by atoms with Gasteiger partial charge in [-0.25, -0.2) is 22.5 Å². The maximum absolute atomic E-state index is 13.3. The Morgan fingerprint density at radius 1 is 1.17 bits per heavy atom. The fourth-order valence-electron chi connectivity index (χ4n) is 1.38. The van der Waals surface area contributed by atoms with Crippen LogP contribution in [0.25, 0.3) is 0 Å². The quantitative estimate of drug-likeness (QED) is 0.684. The van der Waals surface area contributed by atoms with Crippen LogP contribution in [0.3, 0.4) is 0 Å². The summed E-state index contributed by atoms with van der Waals surface area (Å²) in [6, 6.07) is 0.170. The molecule has 96 valence electrons.